The van der Waals surface area contributed by atoms with Gasteiger partial charge in [0, 0.05) is 19.2 Å². The number of fused-ring (bicyclic) bond motifs is 1. The normalized spacial score (nSPS) is 17.2. The maximum absolute atomic E-state index is 13.9. The van der Waals surface area contributed by atoms with Crippen molar-refractivity contribution in [1.82, 2.24) is 15.2 Å². The number of benzene rings is 1. The van der Waals surface area contributed by atoms with Gasteiger partial charge >= 0.3 is 0 Å². The summed E-state index contributed by atoms with van der Waals surface area (Å²) in [5, 5.41) is 2.96. The Morgan fingerprint density at radius 3 is 2.56 bits per heavy atom. The quantitative estimate of drug-likeness (QED) is 0.868. The minimum atomic E-state index is -0.884. The van der Waals surface area contributed by atoms with Crippen molar-refractivity contribution in [3.05, 3.63) is 53.1 Å². The van der Waals surface area contributed by atoms with Crippen molar-refractivity contribution in [1.29, 1.82) is 0 Å². The fraction of sp³-hybridized carbons (Fsp3) is 0.316. The van der Waals surface area contributed by atoms with E-state index in [9.17, 15) is 18.4 Å². The Kier molecular flexibility index (Phi) is 4.57. The molecule has 0 unspecified atom stereocenters. The molecule has 1 saturated heterocycles. The molecule has 0 saturated carbocycles. The first-order valence-corrected chi connectivity index (χ1v) is 8.77. The fourth-order valence-electron chi connectivity index (χ4n) is 3.33. The van der Waals surface area contributed by atoms with Crippen molar-refractivity contribution >= 4 is 11.6 Å². The average molecular weight is 373 g/mol. The predicted molar refractivity (Wildman–Crippen MR) is 92.3 cm³/mol. The highest BCUT2D eigenvalue weighted by atomic mass is 19.1. The smallest absolute Gasteiger partial charge is 0.233 e. The molecule has 0 radical (unpaired) electrons. The van der Waals surface area contributed by atoms with Crippen LogP contribution in [0.1, 0.15) is 33.9 Å². The summed E-state index contributed by atoms with van der Waals surface area (Å²) in [4.78, 5) is 31.0. The summed E-state index contributed by atoms with van der Waals surface area (Å²) < 4.78 is 33.1. The Labute approximate surface area is 153 Å². The molecule has 0 atom stereocenters. The minimum Gasteiger partial charge on any atom is -0.432 e. The van der Waals surface area contributed by atoms with Gasteiger partial charge < -0.3 is 14.6 Å². The summed E-state index contributed by atoms with van der Waals surface area (Å²) >= 11 is 0. The predicted octanol–water partition coefficient (Wildman–Crippen LogP) is 2.57. The lowest BCUT2D eigenvalue weighted by Gasteiger charge is -2.17. The number of nitrogens with zero attached hydrogens (tertiary/aromatic N) is 2. The zero-order chi connectivity index (χ0) is 19.0. The van der Waals surface area contributed by atoms with Gasteiger partial charge in [0.25, 0.3) is 0 Å². The van der Waals surface area contributed by atoms with Gasteiger partial charge in [0.15, 0.2) is 5.69 Å². The van der Waals surface area contributed by atoms with Crippen LogP contribution in [0.15, 0.2) is 34.4 Å². The van der Waals surface area contributed by atoms with E-state index in [1.165, 1.54) is 6.07 Å². The standard InChI is InChI=1S/C19H17F2N3O3/c20-11-4-3-5-12(21)15(11)19-23-16-17(26)13(10-14(25)18(16)27-19)22-6-9-24-7-1-2-8-24/h3-5,10,22H,1-2,6-9H2. The number of ketones is 2. The zero-order valence-electron chi connectivity index (χ0n) is 14.4. The van der Waals surface area contributed by atoms with Crippen LogP contribution in [0.25, 0.3) is 11.5 Å². The van der Waals surface area contributed by atoms with Gasteiger partial charge in [0.2, 0.25) is 23.2 Å². The van der Waals surface area contributed by atoms with Crippen molar-refractivity contribution in [2.75, 3.05) is 26.2 Å². The third-order valence-corrected chi connectivity index (χ3v) is 4.70. The second-order valence-corrected chi connectivity index (χ2v) is 6.52. The fourth-order valence-corrected chi connectivity index (χ4v) is 3.33. The average Bonchev–Trinajstić information content (AvgIpc) is 3.29. The summed E-state index contributed by atoms with van der Waals surface area (Å²) in [6, 6.07) is 3.31. The number of hydrogen-bond donors (Lipinski definition) is 1. The van der Waals surface area contributed by atoms with Crippen LogP contribution >= 0.6 is 0 Å². The number of likely N-dealkylation sites (tertiary alicyclic amines) is 1. The van der Waals surface area contributed by atoms with Gasteiger partial charge in [0.1, 0.15) is 17.2 Å². The molecular weight excluding hydrogens is 356 g/mol. The second-order valence-electron chi connectivity index (χ2n) is 6.52. The lowest BCUT2D eigenvalue weighted by molar-refractivity contribution is 0.0960. The van der Waals surface area contributed by atoms with Crippen LogP contribution in [0, 0.1) is 11.6 Å². The molecule has 0 spiro atoms. The SMILES string of the molecule is O=C1C(NCCN2CCCC2)=CC(=O)c2oc(-c3c(F)cccc3F)nc21. The summed E-state index contributed by atoms with van der Waals surface area (Å²) in [5.74, 6) is -3.59. The number of carbonyl (C=O) groups is 2. The molecule has 1 aliphatic carbocycles. The topological polar surface area (TPSA) is 75.4 Å². The van der Waals surface area contributed by atoms with E-state index >= 15 is 0 Å². The van der Waals surface area contributed by atoms with Crippen molar-refractivity contribution < 1.29 is 22.8 Å². The Morgan fingerprint density at radius 2 is 1.85 bits per heavy atom. The molecule has 4 rings (SSSR count). The van der Waals surface area contributed by atoms with Gasteiger partial charge in [-0.05, 0) is 38.1 Å². The summed E-state index contributed by atoms with van der Waals surface area (Å²) in [5.41, 5.74) is -0.625. The third-order valence-electron chi connectivity index (χ3n) is 4.70. The molecule has 27 heavy (non-hydrogen) atoms. The van der Waals surface area contributed by atoms with Crippen molar-refractivity contribution in [2.45, 2.75) is 12.8 Å². The number of halogens is 2. The van der Waals surface area contributed by atoms with Crippen molar-refractivity contribution in [3.8, 4) is 11.5 Å². The van der Waals surface area contributed by atoms with Crippen LogP contribution in [0.2, 0.25) is 0 Å². The van der Waals surface area contributed by atoms with Gasteiger partial charge in [-0.1, -0.05) is 6.07 Å². The molecule has 1 aromatic heterocycles. The Morgan fingerprint density at radius 1 is 1.15 bits per heavy atom. The maximum atomic E-state index is 13.9. The van der Waals surface area contributed by atoms with Crippen LogP contribution in [-0.4, -0.2) is 47.6 Å². The number of oxazole rings is 1. The monoisotopic (exact) mass is 373 g/mol. The molecular formula is C19H17F2N3O3. The molecule has 1 aliphatic heterocycles. The van der Waals surface area contributed by atoms with Gasteiger partial charge in [0.05, 0.1) is 5.70 Å². The number of Topliss-reactive ketones (excluding diaryl/α,β-unsaturated/α-hetero) is 1. The van der Waals surface area contributed by atoms with Gasteiger partial charge in [-0.15, -0.1) is 0 Å². The van der Waals surface area contributed by atoms with Crippen LogP contribution in [0.4, 0.5) is 8.78 Å². The van der Waals surface area contributed by atoms with E-state index in [0.717, 1.165) is 50.7 Å². The Hall–Kier alpha value is -2.87. The number of allylic oxidation sites excluding steroid dienone is 2. The molecule has 0 bridgehead atoms. The minimum absolute atomic E-state index is 0.112. The zero-order valence-corrected chi connectivity index (χ0v) is 14.4. The van der Waals surface area contributed by atoms with E-state index in [4.69, 9.17) is 4.42 Å². The number of carbonyl (C=O) groups excluding carboxylic acids is 2. The van der Waals surface area contributed by atoms with Crippen molar-refractivity contribution in [2.24, 2.45) is 0 Å². The van der Waals surface area contributed by atoms with Crippen LogP contribution < -0.4 is 5.32 Å². The van der Waals surface area contributed by atoms with E-state index in [1.54, 1.807) is 0 Å². The summed E-state index contributed by atoms with van der Waals surface area (Å²) in [6.07, 6.45) is 3.47. The van der Waals surface area contributed by atoms with Crippen LogP contribution in [0.5, 0.6) is 0 Å². The molecule has 1 N–H and O–H groups in total. The van der Waals surface area contributed by atoms with E-state index in [-0.39, 0.29) is 17.2 Å². The molecule has 8 heteroatoms. The van der Waals surface area contributed by atoms with Crippen LogP contribution in [0.3, 0.4) is 0 Å². The van der Waals surface area contributed by atoms with Gasteiger partial charge in [-0.3, -0.25) is 9.59 Å². The van der Waals surface area contributed by atoms with Gasteiger partial charge in [-0.2, -0.15) is 0 Å². The molecule has 6 nitrogen and oxygen atoms in total. The first-order chi connectivity index (χ1) is 13.0. The molecule has 0 amide bonds. The van der Waals surface area contributed by atoms with Crippen molar-refractivity contribution in [3.63, 3.8) is 0 Å². The largest absolute Gasteiger partial charge is 0.432 e. The van der Waals surface area contributed by atoms with E-state index < -0.39 is 34.7 Å². The van der Waals surface area contributed by atoms with Crippen LogP contribution in [-0.2, 0) is 0 Å². The highest BCUT2D eigenvalue weighted by Crippen LogP contribution is 2.30. The lowest BCUT2D eigenvalue weighted by Crippen LogP contribution is -2.33. The Balaban J connectivity index is 1.55. The number of rotatable bonds is 5. The maximum Gasteiger partial charge on any atom is 0.233 e. The summed E-state index contributed by atoms with van der Waals surface area (Å²) in [6.45, 7) is 3.32. The second kappa shape index (κ2) is 7.03. The van der Waals surface area contributed by atoms with E-state index in [2.05, 4.69) is 15.2 Å². The molecule has 1 aromatic carbocycles. The molecule has 1 fully saturated rings. The lowest BCUT2D eigenvalue weighted by atomic mass is 10.0. The first-order valence-electron chi connectivity index (χ1n) is 8.77. The number of aromatic nitrogens is 1. The Bertz CT molecular complexity index is 925. The molecule has 2 aliphatic rings. The highest BCUT2D eigenvalue weighted by Gasteiger charge is 2.33. The highest BCUT2D eigenvalue weighted by molar-refractivity contribution is 6.22. The van der Waals surface area contributed by atoms with Gasteiger partial charge in [-0.25, -0.2) is 13.8 Å². The number of nitrogens with one attached hydrogen (secondary N) is 1. The molecule has 2 heterocycles. The summed E-state index contributed by atoms with van der Waals surface area (Å²) in [7, 11) is 0. The number of hydrogen-bond acceptors (Lipinski definition) is 6. The third kappa shape index (κ3) is 3.28. The molecule has 2 aromatic rings. The van der Waals surface area contributed by atoms with E-state index in [0.29, 0.717) is 6.54 Å². The first kappa shape index (κ1) is 17.5. The molecule has 140 valence electrons. The van der Waals surface area contributed by atoms with E-state index in [1.807, 2.05) is 0 Å².